The van der Waals surface area contributed by atoms with E-state index in [9.17, 15) is 9.90 Å². The Hall–Kier alpha value is -2.06. The van der Waals surface area contributed by atoms with Gasteiger partial charge in [-0.15, -0.1) is 5.10 Å². The average molecular weight is 333 g/mol. The number of aromatic nitrogens is 3. The van der Waals surface area contributed by atoms with E-state index in [0.717, 1.165) is 17.1 Å². The first-order chi connectivity index (χ1) is 11.2. The molecular weight excluding hydrogens is 314 g/mol. The summed E-state index contributed by atoms with van der Waals surface area (Å²) in [6.07, 6.45) is 2.05. The SMILES string of the molecule is CSCc1cccc(NC(=O)N2CCn3nnc(CO)c3C2)c1. The zero-order valence-corrected chi connectivity index (χ0v) is 13.7. The molecule has 7 nitrogen and oxygen atoms in total. The van der Waals surface area contributed by atoms with Crippen LogP contribution in [0.2, 0.25) is 0 Å². The first kappa shape index (κ1) is 15.8. The minimum Gasteiger partial charge on any atom is -0.390 e. The van der Waals surface area contributed by atoms with Crippen LogP contribution >= 0.6 is 11.8 Å². The maximum atomic E-state index is 12.5. The van der Waals surface area contributed by atoms with Crippen LogP contribution < -0.4 is 5.32 Å². The van der Waals surface area contributed by atoms with Crippen LogP contribution in [0.4, 0.5) is 10.5 Å². The van der Waals surface area contributed by atoms with E-state index >= 15 is 0 Å². The number of thioether (sulfide) groups is 1. The number of anilines is 1. The number of nitrogens with one attached hydrogen (secondary N) is 1. The van der Waals surface area contributed by atoms with E-state index in [2.05, 4.69) is 21.9 Å². The Balaban J connectivity index is 1.68. The molecule has 0 atom stereocenters. The Labute approximate surface area is 138 Å². The molecule has 0 saturated carbocycles. The highest BCUT2D eigenvalue weighted by Gasteiger charge is 2.24. The van der Waals surface area contributed by atoms with Crippen molar-refractivity contribution in [1.82, 2.24) is 19.9 Å². The van der Waals surface area contributed by atoms with Crippen molar-refractivity contribution in [3.8, 4) is 0 Å². The third kappa shape index (κ3) is 3.48. The van der Waals surface area contributed by atoms with Gasteiger partial charge in [0.25, 0.3) is 0 Å². The van der Waals surface area contributed by atoms with Crippen molar-refractivity contribution in [2.45, 2.75) is 25.4 Å². The second kappa shape index (κ2) is 7.01. The summed E-state index contributed by atoms with van der Waals surface area (Å²) in [5.41, 5.74) is 3.30. The molecule has 0 radical (unpaired) electrons. The van der Waals surface area contributed by atoms with Gasteiger partial charge in [0.15, 0.2) is 0 Å². The van der Waals surface area contributed by atoms with Crippen LogP contribution in [0.25, 0.3) is 0 Å². The van der Waals surface area contributed by atoms with Crippen LogP contribution in [-0.2, 0) is 25.4 Å². The van der Waals surface area contributed by atoms with Gasteiger partial charge in [0.2, 0.25) is 0 Å². The summed E-state index contributed by atoms with van der Waals surface area (Å²) in [4.78, 5) is 14.2. The van der Waals surface area contributed by atoms with E-state index in [1.165, 1.54) is 5.56 Å². The molecule has 0 unspecified atom stereocenters. The standard InChI is InChI=1S/C15H19N5O2S/c1-23-10-11-3-2-4-12(7-11)16-15(22)19-5-6-20-14(8-19)13(9-21)17-18-20/h2-4,7,21H,5-6,8-10H2,1H3,(H,16,22). The molecule has 1 aromatic heterocycles. The number of urea groups is 1. The van der Waals surface area contributed by atoms with Crippen LogP contribution in [0.5, 0.6) is 0 Å². The van der Waals surface area contributed by atoms with Gasteiger partial charge in [-0.05, 0) is 24.0 Å². The number of carbonyl (C=O) groups is 1. The minimum absolute atomic E-state index is 0.150. The predicted molar refractivity (Wildman–Crippen MR) is 89.0 cm³/mol. The van der Waals surface area contributed by atoms with E-state index in [0.29, 0.717) is 25.3 Å². The highest BCUT2D eigenvalue weighted by Crippen LogP contribution is 2.18. The second-order valence-electron chi connectivity index (χ2n) is 5.35. The summed E-state index contributed by atoms with van der Waals surface area (Å²) in [5.74, 6) is 0.915. The van der Waals surface area contributed by atoms with Crippen LogP contribution in [0.1, 0.15) is 17.0 Å². The molecular formula is C15H19N5O2S. The number of hydrogen-bond acceptors (Lipinski definition) is 5. The lowest BCUT2D eigenvalue weighted by Crippen LogP contribution is -2.41. The molecule has 1 aliphatic rings. The maximum absolute atomic E-state index is 12.5. The quantitative estimate of drug-likeness (QED) is 0.889. The van der Waals surface area contributed by atoms with Crippen molar-refractivity contribution in [1.29, 1.82) is 0 Å². The molecule has 0 fully saturated rings. The Morgan fingerprint density at radius 3 is 3.09 bits per heavy atom. The summed E-state index contributed by atoms with van der Waals surface area (Å²) in [6.45, 7) is 1.39. The van der Waals surface area contributed by atoms with Crippen molar-refractivity contribution >= 4 is 23.5 Å². The van der Waals surface area contributed by atoms with Gasteiger partial charge in [-0.2, -0.15) is 11.8 Å². The molecule has 2 amide bonds. The third-order valence-corrected chi connectivity index (χ3v) is 4.39. The fourth-order valence-corrected chi connectivity index (χ4v) is 3.11. The van der Waals surface area contributed by atoms with Crippen LogP contribution in [0.15, 0.2) is 24.3 Å². The highest BCUT2D eigenvalue weighted by molar-refractivity contribution is 7.97. The van der Waals surface area contributed by atoms with Gasteiger partial charge in [-0.3, -0.25) is 0 Å². The molecule has 0 aliphatic carbocycles. The molecule has 1 aromatic carbocycles. The Morgan fingerprint density at radius 2 is 2.30 bits per heavy atom. The molecule has 2 heterocycles. The molecule has 3 rings (SSSR count). The zero-order valence-electron chi connectivity index (χ0n) is 12.9. The van der Waals surface area contributed by atoms with Gasteiger partial charge >= 0.3 is 6.03 Å². The topological polar surface area (TPSA) is 83.3 Å². The van der Waals surface area contributed by atoms with Gasteiger partial charge in [0, 0.05) is 18.0 Å². The number of carbonyl (C=O) groups excluding carboxylic acids is 1. The number of aliphatic hydroxyl groups is 1. The smallest absolute Gasteiger partial charge is 0.322 e. The molecule has 2 N–H and O–H groups in total. The minimum atomic E-state index is -0.165. The number of benzene rings is 1. The van der Waals surface area contributed by atoms with Crippen LogP contribution in [0, 0.1) is 0 Å². The zero-order chi connectivity index (χ0) is 16.2. The molecule has 0 saturated heterocycles. The van der Waals surface area contributed by atoms with Gasteiger partial charge in [-0.25, -0.2) is 9.48 Å². The lowest BCUT2D eigenvalue weighted by Gasteiger charge is -2.27. The summed E-state index contributed by atoms with van der Waals surface area (Å²) >= 11 is 1.74. The first-order valence-corrected chi connectivity index (χ1v) is 8.76. The predicted octanol–water partition coefficient (Wildman–Crippen LogP) is 1.68. The monoisotopic (exact) mass is 333 g/mol. The lowest BCUT2D eigenvalue weighted by atomic mass is 10.2. The molecule has 8 heteroatoms. The summed E-state index contributed by atoms with van der Waals surface area (Å²) in [7, 11) is 0. The molecule has 2 aromatic rings. The van der Waals surface area contributed by atoms with Crippen molar-refractivity contribution in [3.63, 3.8) is 0 Å². The third-order valence-electron chi connectivity index (χ3n) is 3.77. The van der Waals surface area contributed by atoms with Gasteiger partial charge in [-0.1, -0.05) is 17.3 Å². The Kier molecular flexibility index (Phi) is 4.82. The largest absolute Gasteiger partial charge is 0.390 e. The fourth-order valence-electron chi connectivity index (χ4n) is 2.60. The normalized spacial score (nSPS) is 13.7. The van der Waals surface area contributed by atoms with Crippen molar-refractivity contribution < 1.29 is 9.90 Å². The second-order valence-corrected chi connectivity index (χ2v) is 6.22. The van der Waals surface area contributed by atoms with E-state index < -0.39 is 0 Å². The molecule has 23 heavy (non-hydrogen) atoms. The lowest BCUT2D eigenvalue weighted by molar-refractivity contribution is 0.193. The van der Waals surface area contributed by atoms with E-state index in [1.807, 2.05) is 24.3 Å². The number of fused-ring (bicyclic) bond motifs is 1. The van der Waals surface area contributed by atoms with Crippen LogP contribution in [0.3, 0.4) is 0 Å². The van der Waals surface area contributed by atoms with Gasteiger partial charge in [0.05, 0.1) is 25.4 Å². The molecule has 122 valence electrons. The summed E-state index contributed by atoms with van der Waals surface area (Å²) < 4.78 is 1.74. The van der Waals surface area contributed by atoms with Crippen molar-refractivity contribution in [2.75, 3.05) is 18.1 Å². The van der Waals surface area contributed by atoms with Crippen molar-refractivity contribution in [2.24, 2.45) is 0 Å². The number of nitrogens with zero attached hydrogens (tertiary/aromatic N) is 4. The molecule has 0 spiro atoms. The van der Waals surface area contributed by atoms with Crippen LogP contribution in [-0.4, -0.2) is 43.8 Å². The summed E-state index contributed by atoms with van der Waals surface area (Å²) in [5, 5.41) is 20.1. The van der Waals surface area contributed by atoms with E-state index in [4.69, 9.17) is 0 Å². The number of rotatable bonds is 4. The fraction of sp³-hybridized carbons (Fsp3) is 0.400. The maximum Gasteiger partial charge on any atom is 0.322 e. The van der Waals surface area contributed by atoms with Gasteiger partial charge < -0.3 is 15.3 Å². The Bertz CT molecular complexity index is 689. The molecule has 1 aliphatic heterocycles. The molecule has 0 bridgehead atoms. The average Bonchev–Trinajstić information content (AvgIpc) is 2.97. The number of amides is 2. The number of hydrogen-bond donors (Lipinski definition) is 2. The highest BCUT2D eigenvalue weighted by atomic mass is 32.2. The first-order valence-electron chi connectivity index (χ1n) is 7.37. The number of aliphatic hydroxyl groups excluding tert-OH is 1. The van der Waals surface area contributed by atoms with Crippen molar-refractivity contribution in [3.05, 3.63) is 41.2 Å². The van der Waals surface area contributed by atoms with E-state index in [1.54, 1.807) is 21.3 Å². The Morgan fingerprint density at radius 1 is 1.43 bits per heavy atom. The van der Waals surface area contributed by atoms with E-state index in [-0.39, 0.29) is 12.6 Å². The summed E-state index contributed by atoms with van der Waals surface area (Å²) in [6, 6.07) is 7.72. The van der Waals surface area contributed by atoms with Gasteiger partial charge in [0.1, 0.15) is 5.69 Å².